The van der Waals surface area contributed by atoms with Crippen molar-refractivity contribution in [2.24, 2.45) is 0 Å². The molecule has 0 aliphatic carbocycles. The van der Waals surface area contributed by atoms with Crippen LogP contribution in [0.15, 0.2) is 64.6 Å². The smallest absolute Gasteiger partial charge is 0.260 e. The van der Waals surface area contributed by atoms with Crippen LogP contribution in [0.3, 0.4) is 0 Å². The number of thiophene rings is 1. The van der Waals surface area contributed by atoms with Crippen LogP contribution in [0.25, 0.3) is 0 Å². The predicted molar refractivity (Wildman–Crippen MR) is 94.0 cm³/mol. The number of hydrogen-bond donors (Lipinski definition) is 0. The number of benzene rings is 1. The monoisotopic (exact) mass is 359 g/mol. The van der Waals surface area contributed by atoms with Crippen LogP contribution in [0.4, 0.5) is 4.39 Å². The highest BCUT2D eigenvalue weighted by atomic mass is 32.1. The van der Waals surface area contributed by atoms with Crippen molar-refractivity contribution in [2.75, 3.05) is 13.2 Å². The van der Waals surface area contributed by atoms with Gasteiger partial charge in [0.15, 0.2) is 6.61 Å². The molecule has 4 nitrogen and oxygen atoms in total. The maximum absolute atomic E-state index is 12.9. The van der Waals surface area contributed by atoms with Gasteiger partial charge in [0.25, 0.3) is 5.91 Å². The van der Waals surface area contributed by atoms with Crippen molar-refractivity contribution in [2.45, 2.75) is 13.0 Å². The summed E-state index contributed by atoms with van der Waals surface area (Å²) in [6.07, 6.45) is 2.37. The first-order valence-corrected chi connectivity index (χ1v) is 8.79. The minimum absolute atomic E-state index is 0.100. The molecule has 3 rings (SSSR count). The number of furan rings is 1. The summed E-state index contributed by atoms with van der Waals surface area (Å²) in [6.45, 7) is 0.869. The van der Waals surface area contributed by atoms with Gasteiger partial charge in [-0.25, -0.2) is 4.39 Å². The fourth-order valence-corrected chi connectivity index (χ4v) is 3.05. The molecule has 0 saturated carbocycles. The molecule has 1 amide bonds. The molecule has 2 heterocycles. The van der Waals surface area contributed by atoms with Gasteiger partial charge in [0.2, 0.25) is 0 Å². The third kappa shape index (κ3) is 5.19. The zero-order chi connectivity index (χ0) is 17.5. The van der Waals surface area contributed by atoms with E-state index < -0.39 is 0 Å². The number of carbonyl (C=O) groups excluding carboxylic acids is 1. The summed E-state index contributed by atoms with van der Waals surface area (Å²) in [6, 6.07) is 13.3. The highest BCUT2D eigenvalue weighted by molar-refractivity contribution is 7.09. The molecule has 0 aliphatic heterocycles. The van der Waals surface area contributed by atoms with Gasteiger partial charge >= 0.3 is 0 Å². The van der Waals surface area contributed by atoms with Crippen molar-refractivity contribution in [3.8, 4) is 5.75 Å². The molecule has 0 atom stereocenters. The van der Waals surface area contributed by atoms with Crippen LogP contribution >= 0.6 is 11.3 Å². The van der Waals surface area contributed by atoms with Gasteiger partial charge in [-0.3, -0.25) is 4.79 Å². The summed E-state index contributed by atoms with van der Waals surface area (Å²) in [4.78, 5) is 15.5. The molecule has 0 radical (unpaired) electrons. The predicted octanol–water partition coefficient (Wildman–Crippen LogP) is 4.13. The van der Waals surface area contributed by atoms with Crippen molar-refractivity contribution in [3.63, 3.8) is 0 Å². The van der Waals surface area contributed by atoms with Gasteiger partial charge in [0.05, 0.1) is 12.8 Å². The van der Waals surface area contributed by atoms with Gasteiger partial charge in [-0.05, 0) is 54.3 Å². The molecule has 0 spiro atoms. The quantitative estimate of drug-likeness (QED) is 0.607. The summed E-state index contributed by atoms with van der Waals surface area (Å²) in [7, 11) is 0. The maximum Gasteiger partial charge on any atom is 0.260 e. The van der Waals surface area contributed by atoms with E-state index in [0.717, 1.165) is 12.2 Å². The summed E-state index contributed by atoms with van der Waals surface area (Å²) < 4.78 is 23.7. The van der Waals surface area contributed by atoms with Crippen molar-refractivity contribution >= 4 is 17.2 Å². The first-order valence-electron chi connectivity index (χ1n) is 7.91. The minimum Gasteiger partial charge on any atom is -0.484 e. The van der Waals surface area contributed by atoms with Gasteiger partial charge in [0.1, 0.15) is 17.3 Å². The zero-order valence-corrected chi connectivity index (χ0v) is 14.4. The highest BCUT2D eigenvalue weighted by Crippen LogP contribution is 2.14. The normalized spacial score (nSPS) is 10.6. The van der Waals surface area contributed by atoms with Gasteiger partial charge in [0, 0.05) is 11.4 Å². The molecule has 0 aliphatic rings. The first kappa shape index (κ1) is 17.2. The summed E-state index contributed by atoms with van der Waals surface area (Å²) in [5.41, 5.74) is 0. The molecule has 130 valence electrons. The zero-order valence-electron chi connectivity index (χ0n) is 13.6. The Hall–Kier alpha value is -2.60. The molecule has 6 heteroatoms. The lowest BCUT2D eigenvalue weighted by Gasteiger charge is -2.21. The van der Waals surface area contributed by atoms with Crippen LogP contribution in [0, 0.1) is 5.82 Å². The van der Waals surface area contributed by atoms with E-state index >= 15 is 0 Å². The number of hydrogen-bond acceptors (Lipinski definition) is 4. The van der Waals surface area contributed by atoms with Gasteiger partial charge in [-0.15, -0.1) is 11.3 Å². The molecular formula is C19H18FNO3S. The van der Waals surface area contributed by atoms with E-state index in [1.54, 1.807) is 28.6 Å². The highest BCUT2D eigenvalue weighted by Gasteiger charge is 2.16. The third-order valence-corrected chi connectivity index (χ3v) is 4.60. The standard InChI is InChI=1S/C19H18FNO3S/c20-15-5-7-16(8-6-15)24-14-19(22)21(13-17-3-1-11-23-17)10-9-18-4-2-12-25-18/h1-8,11-12H,9-10,13-14H2. The number of amides is 1. The average molecular weight is 359 g/mol. The van der Waals surface area contributed by atoms with Gasteiger partial charge in [-0.1, -0.05) is 6.07 Å². The van der Waals surface area contributed by atoms with Crippen LogP contribution in [-0.2, 0) is 17.8 Å². The summed E-state index contributed by atoms with van der Waals surface area (Å²) >= 11 is 1.67. The second-order valence-electron chi connectivity index (χ2n) is 5.47. The molecule has 0 saturated heterocycles. The Morgan fingerprint density at radius 2 is 2.00 bits per heavy atom. The lowest BCUT2D eigenvalue weighted by molar-refractivity contribution is -0.134. The molecule has 0 bridgehead atoms. The van der Waals surface area contributed by atoms with Crippen molar-refractivity contribution in [1.29, 1.82) is 0 Å². The molecular weight excluding hydrogens is 341 g/mol. The van der Waals surface area contributed by atoms with E-state index in [0.29, 0.717) is 18.8 Å². The number of nitrogens with zero attached hydrogens (tertiary/aromatic N) is 1. The van der Waals surface area contributed by atoms with Crippen molar-refractivity contribution in [1.82, 2.24) is 4.90 Å². The first-order chi connectivity index (χ1) is 12.2. The topological polar surface area (TPSA) is 42.7 Å². The molecule has 0 N–H and O–H groups in total. The van der Waals surface area contributed by atoms with E-state index in [9.17, 15) is 9.18 Å². The van der Waals surface area contributed by atoms with Crippen LogP contribution in [0.2, 0.25) is 0 Å². The molecule has 3 aromatic rings. The number of halogens is 1. The van der Waals surface area contributed by atoms with E-state index in [4.69, 9.17) is 9.15 Å². The minimum atomic E-state index is -0.339. The molecule has 0 unspecified atom stereocenters. The fraction of sp³-hybridized carbons (Fsp3) is 0.211. The second kappa shape index (κ2) is 8.48. The molecule has 2 aromatic heterocycles. The Morgan fingerprint density at radius 3 is 2.68 bits per heavy atom. The van der Waals surface area contributed by atoms with Crippen LogP contribution in [-0.4, -0.2) is 24.0 Å². The number of rotatable bonds is 8. The molecule has 0 fully saturated rings. The Bertz CT molecular complexity index is 770. The van der Waals surface area contributed by atoms with Crippen molar-refractivity contribution in [3.05, 3.63) is 76.6 Å². The third-order valence-electron chi connectivity index (χ3n) is 3.66. The molecule has 25 heavy (non-hydrogen) atoms. The van der Waals surface area contributed by atoms with Crippen LogP contribution in [0.5, 0.6) is 5.75 Å². The maximum atomic E-state index is 12.9. The number of ether oxygens (including phenoxy) is 1. The SMILES string of the molecule is O=C(COc1ccc(F)cc1)N(CCc1cccs1)Cc1ccco1. The average Bonchev–Trinajstić information content (AvgIpc) is 3.31. The summed E-state index contributed by atoms with van der Waals surface area (Å²) in [5, 5.41) is 2.02. The largest absolute Gasteiger partial charge is 0.484 e. The Balaban J connectivity index is 1.60. The molecule has 1 aromatic carbocycles. The van der Waals surface area contributed by atoms with Gasteiger partial charge < -0.3 is 14.1 Å². The van der Waals surface area contributed by atoms with Gasteiger partial charge in [-0.2, -0.15) is 0 Å². The van der Waals surface area contributed by atoms with Crippen LogP contribution in [0.1, 0.15) is 10.6 Å². The Labute approximate surface area is 149 Å². The lowest BCUT2D eigenvalue weighted by atomic mass is 10.3. The van der Waals surface area contributed by atoms with Crippen LogP contribution < -0.4 is 4.74 Å². The Kier molecular flexibility index (Phi) is 5.85. The van der Waals surface area contributed by atoms with E-state index in [1.807, 2.05) is 17.5 Å². The van der Waals surface area contributed by atoms with E-state index in [2.05, 4.69) is 6.07 Å². The second-order valence-corrected chi connectivity index (χ2v) is 6.50. The summed E-state index contributed by atoms with van der Waals surface area (Å²) in [5.74, 6) is 0.707. The van der Waals surface area contributed by atoms with Crippen molar-refractivity contribution < 1.29 is 18.3 Å². The fourth-order valence-electron chi connectivity index (χ4n) is 2.35. The van der Waals surface area contributed by atoms with E-state index in [1.165, 1.54) is 29.1 Å². The number of carbonyl (C=O) groups is 1. The Morgan fingerprint density at radius 1 is 1.16 bits per heavy atom. The van der Waals surface area contributed by atoms with E-state index in [-0.39, 0.29) is 18.3 Å². The lowest BCUT2D eigenvalue weighted by Crippen LogP contribution is -2.35.